The van der Waals surface area contributed by atoms with Crippen LogP contribution in [0.1, 0.15) is 35.8 Å². The molecular weight excluding hydrogens is 319 g/mol. The molecule has 3 rings (SSSR count). The molecule has 6 heteroatoms. The van der Waals surface area contributed by atoms with Crippen molar-refractivity contribution in [1.29, 1.82) is 0 Å². The number of hydrogen-bond acceptors (Lipinski definition) is 4. The van der Waals surface area contributed by atoms with Gasteiger partial charge in [-0.2, -0.15) is 0 Å². The summed E-state index contributed by atoms with van der Waals surface area (Å²) in [6.45, 7) is 4.52. The molecule has 0 spiro atoms. The van der Waals surface area contributed by atoms with Crippen LogP contribution < -0.4 is 10.2 Å². The first kappa shape index (κ1) is 17.3. The third kappa shape index (κ3) is 4.53. The second kappa shape index (κ2) is 8.05. The Bertz CT molecular complexity index is 729. The molecule has 0 aliphatic carbocycles. The summed E-state index contributed by atoms with van der Waals surface area (Å²) in [5, 5.41) is 2.80. The van der Waals surface area contributed by atoms with Gasteiger partial charge in [0.15, 0.2) is 0 Å². The Labute approximate surface area is 147 Å². The lowest BCUT2D eigenvalue weighted by atomic mass is 9.99. The van der Waals surface area contributed by atoms with Crippen molar-refractivity contribution >= 4 is 11.7 Å². The van der Waals surface area contributed by atoms with Gasteiger partial charge in [0.05, 0.1) is 0 Å². The van der Waals surface area contributed by atoms with E-state index in [1.165, 1.54) is 12.4 Å². The van der Waals surface area contributed by atoms with E-state index in [1.54, 1.807) is 24.3 Å². The highest BCUT2D eigenvalue weighted by Crippen LogP contribution is 2.21. The van der Waals surface area contributed by atoms with Gasteiger partial charge < -0.3 is 10.2 Å². The number of hydrogen-bond donors (Lipinski definition) is 1. The number of nitrogens with one attached hydrogen (secondary N) is 1. The van der Waals surface area contributed by atoms with Gasteiger partial charge in [-0.15, -0.1) is 0 Å². The van der Waals surface area contributed by atoms with Crippen molar-refractivity contribution in [1.82, 2.24) is 15.3 Å². The van der Waals surface area contributed by atoms with E-state index in [0.717, 1.165) is 37.7 Å². The van der Waals surface area contributed by atoms with Gasteiger partial charge in [-0.1, -0.05) is 25.1 Å². The highest BCUT2D eigenvalue weighted by atomic mass is 19.1. The molecule has 0 unspecified atom stereocenters. The largest absolute Gasteiger partial charge is 0.356 e. The van der Waals surface area contributed by atoms with Crippen LogP contribution in [0.5, 0.6) is 0 Å². The van der Waals surface area contributed by atoms with E-state index >= 15 is 0 Å². The number of carbonyl (C=O) groups is 1. The number of piperidine rings is 1. The van der Waals surface area contributed by atoms with Crippen LogP contribution in [0.2, 0.25) is 0 Å². The molecule has 25 heavy (non-hydrogen) atoms. The van der Waals surface area contributed by atoms with Gasteiger partial charge in [0.1, 0.15) is 23.7 Å². The monoisotopic (exact) mass is 342 g/mol. The normalized spacial score (nSPS) is 15.2. The highest BCUT2D eigenvalue weighted by Gasteiger charge is 2.18. The summed E-state index contributed by atoms with van der Waals surface area (Å²) in [6, 6.07) is 8.32. The van der Waals surface area contributed by atoms with Crippen molar-refractivity contribution in [2.24, 2.45) is 5.92 Å². The Morgan fingerprint density at radius 3 is 2.80 bits per heavy atom. The molecule has 1 amide bonds. The lowest BCUT2D eigenvalue weighted by molar-refractivity contribution is 0.0949. The van der Waals surface area contributed by atoms with Crippen LogP contribution in [0, 0.1) is 11.7 Å². The first-order chi connectivity index (χ1) is 12.1. The molecular formula is C19H23FN4O. The minimum Gasteiger partial charge on any atom is -0.356 e. The van der Waals surface area contributed by atoms with Gasteiger partial charge in [-0.3, -0.25) is 4.79 Å². The van der Waals surface area contributed by atoms with E-state index in [1.807, 2.05) is 0 Å². The van der Waals surface area contributed by atoms with E-state index < -0.39 is 0 Å². The fourth-order valence-corrected chi connectivity index (χ4v) is 2.98. The average molecular weight is 342 g/mol. The minimum absolute atomic E-state index is 0.250. The molecule has 1 saturated heterocycles. The van der Waals surface area contributed by atoms with Crippen molar-refractivity contribution < 1.29 is 9.18 Å². The van der Waals surface area contributed by atoms with Crippen molar-refractivity contribution in [2.75, 3.05) is 24.5 Å². The molecule has 0 atom stereocenters. The average Bonchev–Trinajstić information content (AvgIpc) is 2.64. The maximum Gasteiger partial charge on any atom is 0.270 e. The Morgan fingerprint density at radius 2 is 2.04 bits per heavy atom. The molecule has 2 heterocycles. The van der Waals surface area contributed by atoms with Gasteiger partial charge in [-0.25, -0.2) is 14.4 Å². The molecule has 1 aromatic carbocycles. The number of benzene rings is 1. The fraction of sp³-hybridized carbons (Fsp3) is 0.421. The lowest BCUT2D eigenvalue weighted by Gasteiger charge is -2.31. The van der Waals surface area contributed by atoms with Crippen LogP contribution in [0.25, 0.3) is 0 Å². The minimum atomic E-state index is -0.259. The van der Waals surface area contributed by atoms with Crippen LogP contribution in [0.4, 0.5) is 10.2 Å². The maximum absolute atomic E-state index is 13.6. The molecule has 2 aromatic rings. The molecule has 0 radical (unpaired) electrons. The van der Waals surface area contributed by atoms with Crippen molar-refractivity contribution in [3.05, 3.63) is 53.7 Å². The van der Waals surface area contributed by atoms with Gasteiger partial charge in [-0.05, 0) is 36.8 Å². The van der Waals surface area contributed by atoms with Crippen molar-refractivity contribution in [3.63, 3.8) is 0 Å². The van der Waals surface area contributed by atoms with Crippen LogP contribution in [-0.4, -0.2) is 35.5 Å². The van der Waals surface area contributed by atoms with E-state index in [-0.39, 0.29) is 11.7 Å². The predicted octanol–water partition coefficient (Wildman–Crippen LogP) is 2.82. The number of amides is 1. The second-order valence-electron chi connectivity index (χ2n) is 6.53. The van der Waals surface area contributed by atoms with E-state index in [4.69, 9.17) is 0 Å². The Kier molecular flexibility index (Phi) is 5.58. The number of rotatable bonds is 5. The van der Waals surface area contributed by atoms with E-state index in [9.17, 15) is 9.18 Å². The van der Waals surface area contributed by atoms with Gasteiger partial charge in [0.25, 0.3) is 5.91 Å². The Hall–Kier alpha value is -2.50. The highest BCUT2D eigenvalue weighted by molar-refractivity contribution is 5.92. The topological polar surface area (TPSA) is 58.1 Å². The number of carbonyl (C=O) groups excluding carboxylic acids is 1. The zero-order valence-electron chi connectivity index (χ0n) is 14.4. The predicted molar refractivity (Wildman–Crippen MR) is 95.1 cm³/mol. The molecule has 0 bridgehead atoms. The number of nitrogens with zero attached hydrogens (tertiary/aromatic N) is 3. The Morgan fingerprint density at radius 1 is 1.28 bits per heavy atom. The molecule has 1 fully saturated rings. The maximum atomic E-state index is 13.6. The van der Waals surface area contributed by atoms with Crippen molar-refractivity contribution in [3.8, 4) is 0 Å². The molecule has 132 valence electrons. The first-order valence-electron chi connectivity index (χ1n) is 8.72. The standard InChI is InChI=1S/C19H23FN4O/c1-14-7-10-24(11-8-14)18-12-17(22-13-23-18)19(25)21-9-6-15-4-2-3-5-16(15)20/h2-5,12-14H,6-11H2,1H3,(H,21,25). The number of anilines is 1. The summed E-state index contributed by atoms with van der Waals surface area (Å²) in [4.78, 5) is 22.8. The second-order valence-corrected chi connectivity index (χ2v) is 6.53. The van der Waals surface area contributed by atoms with Gasteiger partial charge in [0, 0.05) is 25.7 Å². The number of aromatic nitrogens is 2. The van der Waals surface area contributed by atoms with Crippen molar-refractivity contribution in [2.45, 2.75) is 26.2 Å². The zero-order chi connectivity index (χ0) is 17.6. The quantitative estimate of drug-likeness (QED) is 0.908. The third-order valence-corrected chi connectivity index (χ3v) is 4.63. The van der Waals surface area contributed by atoms with E-state index in [2.05, 4.69) is 27.1 Å². The summed E-state index contributed by atoms with van der Waals surface area (Å²) in [6.07, 6.45) is 4.14. The zero-order valence-corrected chi connectivity index (χ0v) is 14.4. The van der Waals surface area contributed by atoms with Crippen LogP contribution in [0.3, 0.4) is 0 Å². The summed E-state index contributed by atoms with van der Waals surface area (Å²) < 4.78 is 13.6. The molecule has 1 aliphatic heterocycles. The third-order valence-electron chi connectivity index (χ3n) is 4.63. The Balaban J connectivity index is 1.57. The summed E-state index contributed by atoms with van der Waals surface area (Å²) in [7, 11) is 0. The first-order valence-corrected chi connectivity index (χ1v) is 8.72. The lowest BCUT2D eigenvalue weighted by Crippen LogP contribution is -2.34. The smallest absolute Gasteiger partial charge is 0.270 e. The summed E-state index contributed by atoms with van der Waals surface area (Å²) in [5.41, 5.74) is 0.936. The molecule has 1 N–H and O–H groups in total. The molecule has 5 nitrogen and oxygen atoms in total. The SMILES string of the molecule is CC1CCN(c2cc(C(=O)NCCc3ccccc3F)ncn2)CC1. The number of halogens is 1. The van der Waals surface area contributed by atoms with Crippen LogP contribution in [0.15, 0.2) is 36.7 Å². The van der Waals surface area contributed by atoms with Gasteiger partial charge in [0.2, 0.25) is 0 Å². The van der Waals surface area contributed by atoms with Crippen LogP contribution >= 0.6 is 0 Å². The van der Waals surface area contributed by atoms with E-state index in [0.29, 0.717) is 24.2 Å². The van der Waals surface area contributed by atoms with Gasteiger partial charge >= 0.3 is 0 Å². The fourth-order valence-electron chi connectivity index (χ4n) is 2.98. The molecule has 0 saturated carbocycles. The molecule has 1 aromatic heterocycles. The summed E-state index contributed by atoms with van der Waals surface area (Å²) in [5.74, 6) is 1.02. The summed E-state index contributed by atoms with van der Waals surface area (Å²) >= 11 is 0. The molecule has 1 aliphatic rings. The van der Waals surface area contributed by atoms with Crippen LogP contribution in [-0.2, 0) is 6.42 Å².